The molecule has 0 aliphatic rings. The number of fused-ring (bicyclic) bond motifs is 3. The van der Waals surface area contributed by atoms with Crippen LogP contribution < -0.4 is 5.73 Å². The number of hydrogen-bond donors (Lipinski definition) is 1. The fourth-order valence-electron chi connectivity index (χ4n) is 1.77. The third-order valence-electron chi connectivity index (χ3n) is 2.42. The summed E-state index contributed by atoms with van der Waals surface area (Å²) in [4.78, 5) is 8.89. The molecule has 0 radical (unpaired) electrons. The Morgan fingerprint density at radius 1 is 1.20 bits per heavy atom. The standard InChI is InChI=1S/C11H9N3S/c1-6-10-9(14-11(12)15-10)7-4-2-3-5-8(7)13-6/h2-5H,1H3,(H2,12,14). The van der Waals surface area contributed by atoms with Gasteiger partial charge in [0.15, 0.2) is 5.13 Å². The predicted molar refractivity (Wildman–Crippen MR) is 64.1 cm³/mol. The van der Waals surface area contributed by atoms with Gasteiger partial charge in [-0.15, -0.1) is 0 Å². The van der Waals surface area contributed by atoms with E-state index >= 15 is 0 Å². The van der Waals surface area contributed by atoms with Crippen LogP contribution in [-0.2, 0) is 0 Å². The van der Waals surface area contributed by atoms with Crippen molar-refractivity contribution in [2.75, 3.05) is 5.73 Å². The highest BCUT2D eigenvalue weighted by molar-refractivity contribution is 7.22. The summed E-state index contributed by atoms with van der Waals surface area (Å²) in [5.74, 6) is 0. The second kappa shape index (κ2) is 2.90. The highest BCUT2D eigenvalue weighted by Crippen LogP contribution is 2.31. The molecule has 2 heterocycles. The van der Waals surface area contributed by atoms with Crippen LogP contribution in [0.3, 0.4) is 0 Å². The van der Waals surface area contributed by atoms with Crippen LogP contribution in [0.25, 0.3) is 21.1 Å². The van der Waals surface area contributed by atoms with Gasteiger partial charge in [0.1, 0.15) is 0 Å². The van der Waals surface area contributed by atoms with Crippen LogP contribution in [0.2, 0.25) is 0 Å². The lowest BCUT2D eigenvalue weighted by Gasteiger charge is -1.99. The molecule has 4 heteroatoms. The molecule has 0 atom stereocenters. The maximum Gasteiger partial charge on any atom is 0.181 e. The van der Waals surface area contributed by atoms with E-state index in [-0.39, 0.29) is 0 Å². The van der Waals surface area contributed by atoms with Gasteiger partial charge in [-0.2, -0.15) is 0 Å². The third kappa shape index (κ3) is 1.18. The summed E-state index contributed by atoms with van der Waals surface area (Å²) < 4.78 is 1.09. The molecule has 3 nitrogen and oxygen atoms in total. The van der Waals surface area contributed by atoms with E-state index < -0.39 is 0 Å². The van der Waals surface area contributed by atoms with Gasteiger partial charge in [0.25, 0.3) is 0 Å². The third-order valence-corrected chi connectivity index (χ3v) is 3.41. The van der Waals surface area contributed by atoms with E-state index in [4.69, 9.17) is 5.73 Å². The summed E-state index contributed by atoms with van der Waals surface area (Å²) in [6, 6.07) is 8.01. The van der Waals surface area contributed by atoms with Crippen molar-refractivity contribution in [3.63, 3.8) is 0 Å². The van der Waals surface area contributed by atoms with Crippen LogP contribution in [0.1, 0.15) is 5.69 Å². The molecule has 1 aromatic carbocycles. The van der Waals surface area contributed by atoms with Gasteiger partial charge in [-0.3, -0.25) is 4.98 Å². The zero-order chi connectivity index (χ0) is 10.4. The molecular weight excluding hydrogens is 206 g/mol. The number of nitrogens with two attached hydrogens (primary N) is 1. The van der Waals surface area contributed by atoms with E-state index in [0.29, 0.717) is 5.13 Å². The molecule has 0 unspecified atom stereocenters. The van der Waals surface area contributed by atoms with Crippen molar-refractivity contribution in [3.8, 4) is 0 Å². The maximum atomic E-state index is 5.73. The first-order valence-electron chi connectivity index (χ1n) is 4.67. The Balaban J connectivity index is 2.63. The SMILES string of the molecule is Cc1nc2ccccc2c2nc(N)sc12. The molecular formula is C11H9N3S. The summed E-state index contributed by atoms with van der Waals surface area (Å²) >= 11 is 1.50. The monoisotopic (exact) mass is 215 g/mol. The van der Waals surface area contributed by atoms with Gasteiger partial charge >= 0.3 is 0 Å². The highest BCUT2D eigenvalue weighted by Gasteiger charge is 2.09. The van der Waals surface area contributed by atoms with Crippen molar-refractivity contribution >= 4 is 37.6 Å². The number of hydrogen-bond acceptors (Lipinski definition) is 4. The van der Waals surface area contributed by atoms with Crippen LogP contribution in [-0.4, -0.2) is 9.97 Å². The van der Waals surface area contributed by atoms with Crippen molar-refractivity contribution in [1.29, 1.82) is 0 Å². The minimum atomic E-state index is 0.603. The summed E-state index contributed by atoms with van der Waals surface area (Å²) in [6.45, 7) is 1.99. The first kappa shape index (κ1) is 8.61. The minimum Gasteiger partial charge on any atom is -0.375 e. The fraction of sp³-hybridized carbons (Fsp3) is 0.0909. The number of benzene rings is 1. The summed E-state index contributed by atoms with van der Waals surface area (Å²) in [5.41, 5.74) is 8.68. The molecule has 74 valence electrons. The fourth-order valence-corrected chi connectivity index (χ4v) is 2.56. The van der Waals surface area contributed by atoms with Crippen molar-refractivity contribution in [2.24, 2.45) is 0 Å². The lowest BCUT2D eigenvalue weighted by molar-refractivity contribution is 1.29. The van der Waals surface area contributed by atoms with Crippen LogP contribution in [0.5, 0.6) is 0 Å². The Morgan fingerprint density at radius 3 is 2.87 bits per heavy atom. The molecule has 2 N–H and O–H groups in total. The number of rotatable bonds is 0. The quantitative estimate of drug-likeness (QED) is 0.627. The van der Waals surface area contributed by atoms with Gasteiger partial charge in [-0.05, 0) is 13.0 Å². The molecule has 0 saturated heterocycles. The van der Waals surface area contributed by atoms with E-state index in [2.05, 4.69) is 9.97 Å². The number of pyridine rings is 1. The Hall–Kier alpha value is -1.68. The molecule has 0 spiro atoms. The van der Waals surface area contributed by atoms with Crippen LogP contribution in [0, 0.1) is 6.92 Å². The molecule has 0 fully saturated rings. The number of aromatic nitrogens is 2. The number of thiazole rings is 1. The lowest BCUT2D eigenvalue weighted by atomic mass is 10.2. The normalized spacial score (nSPS) is 11.3. The molecule has 0 amide bonds. The molecule has 15 heavy (non-hydrogen) atoms. The van der Waals surface area contributed by atoms with E-state index in [1.165, 1.54) is 11.3 Å². The van der Waals surface area contributed by atoms with Gasteiger partial charge in [0.05, 0.1) is 21.4 Å². The summed E-state index contributed by atoms with van der Waals surface area (Å²) in [5, 5.41) is 1.68. The van der Waals surface area contributed by atoms with Crippen LogP contribution in [0.15, 0.2) is 24.3 Å². The van der Waals surface area contributed by atoms with Crippen LogP contribution >= 0.6 is 11.3 Å². The topological polar surface area (TPSA) is 51.8 Å². The highest BCUT2D eigenvalue weighted by atomic mass is 32.1. The predicted octanol–water partition coefficient (Wildman–Crippen LogP) is 2.74. The van der Waals surface area contributed by atoms with Crippen molar-refractivity contribution in [1.82, 2.24) is 9.97 Å². The number of para-hydroxylation sites is 1. The first-order valence-corrected chi connectivity index (χ1v) is 5.49. The van der Waals surface area contributed by atoms with Crippen molar-refractivity contribution in [2.45, 2.75) is 6.92 Å². The molecule has 0 saturated carbocycles. The molecule has 0 aliphatic heterocycles. The lowest BCUT2D eigenvalue weighted by Crippen LogP contribution is -1.85. The molecule has 3 aromatic rings. The van der Waals surface area contributed by atoms with Gasteiger partial charge < -0.3 is 5.73 Å². The second-order valence-electron chi connectivity index (χ2n) is 3.44. The number of anilines is 1. The molecule has 3 rings (SSSR count). The van der Waals surface area contributed by atoms with E-state index in [0.717, 1.165) is 26.8 Å². The zero-order valence-corrected chi connectivity index (χ0v) is 9.01. The van der Waals surface area contributed by atoms with Gasteiger partial charge in [-0.1, -0.05) is 29.5 Å². The maximum absolute atomic E-state index is 5.73. The number of nitrogen functional groups attached to an aromatic ring is 1. The van der Waals surface area contributed by atoms with Crippen LogP contribution in [0.4, 0.5) is 5.13 Å². The Morgan fingerprint density at radius 2 is 2.00 bits per heavy atom. The van der Waals surface area contributed by atoms with Gasteiger partial charge in [0.2, 0.25) is 0 Å². The second-order valence-corrected chi connectivity index (χ2v) is 4.47. The average molecular weight is 215 g/mol. The minimum absolute atomic E-state index is 0.603. The number of aryl methyl sites for hydroxylation is 1. The first-order chi connectivity index (χ1) is 7.25. The van der Waals surface area contributed by atoms with Gasteiger partial charge in [-0.25, -0.2) is 4.98 Å². The Labute approximate surface area is 90.6 Å². The van der Waals surface area contributed by atoms with Gasteiger partial charge in [0, 0.05) is 5.39 Å². The molecule has 2 aromatic heterocycles. The van der Waals surface area contributed by atoms with Crippen molar-refractivity contribution in [3.05, 3.63) is 30.0 Å². The molecule has 0 bridgehead atoms. The zero-order valence-electron chi connectivity index (χ0n) is 8.19. The van der Waals surface area contributed by atoms with E-state index in [9.17, 15) is 0 Å². The number of nitrogens with zero attached hydrogens (tertiary/aromatic N) is 2. The molecule has 0 aliphatic carbocycles. The largest absolute Gasteiger partial charge is 0.375 e. The summed E-state index contributed by atoms with van der Waals surface area (Å²) in [6.07, 6.45) is 0. The van der Waals surface area contributed by atoms with E-state index in [1.54, 1.807) is 0 Å². The Bertz CT molecular complexity index is 657. The average Bonchev–Trinajstić information content (AvgIpc) is 2.61. The Kier molecular flexibility index (Phi) is 1.67. The summed E-state index contributed by atoms with van der Waals surface area (Å²) in [7, 11) is 0. The smallest absolute Gasteiger partial charge is 0.181 e. The van der Waals surface area contributed by atoms with E-state index in [1.807, 2.05) is 31.2 Å². The van der Waals surface area contributed by atoms with Crippen molar-refractivity contribution < 1.29 is 0 Å².